The molecular formula is C22H24N4OS. The van der Waals surface area contributed by atoms with Crippen molar-refractivity contribution in [2.75, 3.05) is 5.75 Å². The number of aryl methyl sites for hydroxylation is 1. The zero-order chi connectivity index (χ0) is 19.3. The van der Waals surface area contributed by atoms with E-state index in [9.17, 15) is 4.79 Å². The molecule has 4 rings (SSSR count). The molecule has 0 bridgehead atoms. The van der Waals surface area contributed by atoms with Gasteiger partial charge >= 0.3 is 0 Å². The Morgan fingerprint density at radius 2 is 1.79 bits per heavy atom. The molecule has 3 aromatic rings. The molecule has 0 unspecified atom stereocenters. The second kappa shape index (κ2) is 8.61. The first-order valence-electron chi connectivity index (χ1n) is 9.63. The first kappa shape index (κ1) is 18.7. The molecule has 0 spiro atoms. The number of carbonyl (C=O) groups excluding carboxylic acids is 1. The summed E-state index contributed by atoms with van der Waals surface area (Å²) in [5.41, 5.74) is 2.31. The van der Waals surface area contributed by atoms with E-state index in [4.69, 9.17) is 0 Å². The van der Waals surface area contributed by atoms with Gasteiger partial charge in [0.25, 0.3) is 0 Å². The number of thioether (sulfide) groups is 1. The Labute approximate surface area is 169 Å². The van der Waals surface area contributed by atoms with Crippen LogP contribution in [-0.4, -0.2) is 26.4 Å². The van der Waals surface area contributed by atoms with Crippen LogP contribution in [0.3, 0.4) is 0 Å². The smallest absolute Gasteiger partial charge is 0.230 e. The van der Waals surface area contributed by atoms with Crippen molar-refractivity contribution in [1.82, 2.24) is 20.1 Å². The second-order valence-electron chi connectivity index (χ2n) is 7.14. The van der Waals surface area contributed by atoms with Gasteiger partial charge in [-0.05, 0) is 37.3 Å². The first-order valence-corrected chi connectivity index (χ1v) is 10.6. The Morgan fingerprint density at radius 1 is 1.11 bits per heavy atom. The Morgan fingerprint density at radius 3 is 2.46 bits per heavy atom. The zero-order valence-corrected chi connectivity index (χ0v) is 16.7. The number of nitrogens with zero attached hydrogens (tertiary/aromatic N) is 3. The number of aromatic nitrogens is 3. The molecule has 1 atom stereocenters. The lowest BCUT2D eigenvalue weighted by Gasteiger charge is -2.19. The predicted molar refractivity (Wildman–Crippen MR) is 111 cm³/mol. The molecule has 6 heteroatoms. The molecule has 1 saturated carbocycles. The van der Waals surface area contributed by atoms with Crippen molar-refractivity contribution in [1.29, 1.82) is 0 Å². The zero-order valence-electron chi connectivity index (χ0n) is 15.9. The standard InChI is InChI=1S/C22H24N4OS/c1-16-24-25-22(26(16)19-12-13-19)28-15-21(27)23-20(18-10-6-3-7-11-18)14-17-8-4-2-5-9-17/h2-11,19-20H,12-15H2,1H3,(H,23,27)/t20-/m0/s1. The van der Waals surface area contributed by atoms with Gasteiger partial charge in [0, 0.05) is 6.04 Å². The Balaban J connectivity index is 1.42. The molecule has 1 N–H and O–H groups in total. The lowest BCUT2D eigenvalue weighted by molar-refractivity contribution is -0.119. The van der Waals surface area contributed by atoms with Crippen molar-refractivity contribution in [2.24, 2.45) is 0 Å². The van der Waals surface area contributed by atoms with Gasteiger partial charge in [-0.15, -0.1) is 10.2 Å². The highest BCUT2D eigenvalue weighted by molar-refractivity contribution is 7.99. The van der Waals surface area contributed by atoms with Gasteiger partial charge in [0.2, 0.25) is 5.91 Å². The molecule has 1 fully saturated rings. The van der Waals surface area contributed by atoms with Gasteiger partial charge in [-0.2, -0.15) is 0 Å². The van der Waals surface area contributed by atoms with Crippen LogP contribution < -0.4 is 5.32 Å². The summed E-state index contributed by atoms with van der Waals surface area (Å²) in [5, 5.41) is 12.5. The largest absolute Gasteiger partial charge is 0.348 e. The van der Waals surface area contributed by atoms with Crippen molar-refractivity contribution in [3.05, 3.63) is 77.6 Å². The highest BCUT2D eigenvalue weighted by Crippen LogP contribution is 2.38. The van der Waals surface area contributed by atoms with Crippen molar-refractivity contribution in [3.63, 3.8) is 0 Å². The van der Waals surface area contributed by atoms with Gasteiger partial charge in [0.15, 0.2) is 5.16 Å². The topological polar surface area (TPSA) is 59.8 Å². The molecule has 2 aromatic carbocycles. The van der Waals surface area contributed by atoms with E-state index >= 15 is 0 Å². The maximum absolute atomic E-state index is 12.7. The van der Waals surface area contributed by atoms with Crippen molar-refractivity contribution in [2.45, 2.75) is 43.4 Å². The number of rotatable bonds is 8. The number of nitrogens with one attached hydrogen (secondary N) is 1. The highest BCUT2D eigenvalue weighted by Gasteiger charge is 2.28. The normalized spacial score (nSPS) is 14.6. The van der Waals surface area contributed by atoms with E-state index in [2.05, 4.69) is 44.3 Å². The average molecular weight is 393 g/mol. The van der Waals surface area contributed by atoms with E-state index in [-0.39, 0.29) is 11.9 Å². The van der Waals surface area contributed by atoms with Gasteiger partial charge in [-0.1, -0.05) is 72.4 Å². The summed E-state index contributed by atoms with van der Waals surface area (Å²) in [7, 11) is 0. The first-order chi connectivity index (χ1) is 13.7. The van der Waals surface area contributed by atoms with Gasteiger partial charge in [0.05, 0.1) is 11.8 Å². The van der Waals surface area contributed by atoms with Gasteiger partial charge < -0.3 is 9.88 Å². The summed E-state index contributed by atoms with van der Waals surface area (Å²) < 4.78 is 2.16. The minimum atomic E-state index is -0.0558. The van der Waals surface area contributed by atoms with Gasteiger partial charge in [-0.3, -0.25) is 4.79 Å². The Kier molecular flexibility index (Phi) is 5.76. The molecule has 0 saturated heterocycles. The van der Waals surface area contributed by atoms with E-state index in [0.717, 1.165) is 23.0 Å². The number of benzene rings is 2. The summed E-state index contributed by atoms with van der Waals surface area (Å²) in [6.45, 7) is 1.97. The second-order valence-corrected chi connectivity index (χ2v) is 8.08. The van der Waals surface area contributed by atoms with Crippen LogP contribution in [0.25, 0.3) is 0 Å². The quantitative estimate of drug-likeness (QED) is 0.586. The minimum absolute atomic E-state index is 0.0118. The summed E-state index contributed by atoms with van der Waals surface area (Å²) in [6, 6.07) is 20.9. The Bertz CT molecular complexity index is 922. The number of carbonyl (C=O) groups is 1. The van der Waals surface area contributed by atoms with Crippen LogP contribution in [0.4, 0.5) is 0 Å². The summed E-state index contributed by atoms with van der Waals surface area (Å²) >= 11 is 1.47. The lowest BCUT2D eigenvalue weighted by atomic mass is 9.99. The van der Waals surface area contributed by atoms with Crippen molar-refractivity contribution < 1.29 is 4.79 Å². The van der Waals surface area contributed by atoms with E-state index in [1.807, 2.05) is 43.3 Å². The fraction of sp³-hybridized carbons (Fsp3) is 0.318. The molecule has 5 nitrogen and oxygen atoms in total. The summed E-state index contributed by atoms with van der Waals surface area (Å²) in [6.07, 6.45) is 3.11. The monoisotopic (exact) mass is 392 g/mol. The van der Waals surface area contributed by atoms with Crippen LogP contribution in [0.15, 0.2) is 65.8 Å². The number of hydrogen-bond acceptors (Lipinski definition) is 4. The van der Waals surface area contributed by atoms with Crippen molar-refractivity contribution in [3.8, 4) is 0 Å². The lowest BCUT2D eigenvalue weighted by Crippen LogP contribution is -2.31. The van der Waals surface area contributed by atoms with Crippen LogP contribution in [0.2, 0.25) is 0 Å². The van der Waals surface area contributed by atoms with Crippen LogP contribution in [0.5, 0.6) is 0 Å². The predicted octanol–water partition coefficient (Wildman–Crippen LogP) is 4.11. The maximum Gasteiger partial charge on any atom is 0.230 e. The molecule has 1 aliphatic rings. The molecular weight excluding hydrogens is 368 g/mol. The van der Waals surface area contributed by atoms with E-state index in [1.165, 1.54) is 30.2 Å². The SMILES string of the molecule is Cc1nnc(SCC(=O)N[C@@H](Cc2ccccc2)c2ccccc2)n1C1CC1. The summed E-state index contributed by atoms with van der Waals surface area (Å²) in [5.74, 6) is 1.28. The third-order valence-electron chi connectivity index (χ3n) is 4.90. The maximum atomic E-state index is 12.7. The van der Waals surface area contributed by atoms with E-state index in [1.54, 1.807) is 0 Å². The summed E-state index contributed by atoms with van der Waals surface area (Å²) in [4.78, 5) is 12.7. The van der Waals surface area contributed by atoms with Crippen LogP contribution in [-0.2, 0) is 11.2 Å². The molecule has 1 heterocycles. The highest BCUT2D eigenvalue weighted by atomic mass is 32.2. The van der Waals surface area contributed by atoms with Crippen LogP contribution in [0.1, 0.15) is 41.9 Å². The average Bonchev–Trinajstić information content (AvgIpc) is 3.49. The van der Waals surface area contributed by atoms with Gasteiger partial charge in [-0.25, -0.2) is 0 Å². The Hall–Kier alpha value is -2.60. The third kappa shape index (κ3) is 4.62. The van der Waals surface area contributed by atoms with Crippen LogP contribution >= 0.6 is 11.8 Å². The fourth-order valence-corrected chi connectivity index (χ4v) is 4.22. The van der Waals surface area contributed by atoms with E-state index < -0.39 is 0 Å². The molecule has 144 valence electrons. The number of hydrogen-bond donors (Lipinski definition) is 1. The van der Waals surface area contributed by atoms with Gasteiger partial charge in [0.1, 0.15) is 5.82 Å². The molecule has 0 aliphatic heterocycles. The van der Waals surface area contributed by atoms with Crippen LogP contribution in [0, 0.1) is 6.92 Å². The molecule has 1 aliphatic carbocycles. The molecule has 1 amide bonds. The molecule has 0 radical (unpaired) electrons. The van der Waals surface area contributed by atoms with Crippen molar-refractivity contribution >= 4 is 17.7 Å². The fourth-order valence-electron chi connectivity index (χ4n) is 3.35. The molecule has 28 heavy (non-hydrogen) atoms. The number of amides is 1. The third-order valence-corrected chi connectivity index (χ3v) is 5.84. The molecule has 1 aromatic heterocycles. The van der Waals surface area contributed by atoms with E-state index in [0.29, 0.717) is 11.8 Å². The minimum Gasteiger partial charge on any atom is -0.348 e.